The molecule has 0 saturated heterocycles. The molecular formula is C29H44F2N2O5. The molecule has 0 spiro atoms. The Bertz CT molecular complexity index is 1040. The number of phenolic OH excluding ortho intramolecular Hbond substituents is 1. The summed E-state index contributed by atoms with van der Waals surface area (Å²) in [5.74, 6) is -4.46. The van der Waals surface area contributed by atoms with E-state index in [2.05, 4.69) is 17.1 Å². The van der Waals surface area contributed by atoms with Gasteiger partial charge >= 0.3 is 5.63 Å². The first-order valence-corrected chi connectivity index (χ1v) is 14.1. The van der Waals surface area contributed by atoms with Crippen molar-refractivity contribution in [3.8, 4) is 5.75 Å². The number of hydrogen-bond acceptors (Lipinski definition) is 6. The molecule has 2 aromatic rings. The lowest BCUT2D eigenvalue weighted by Gasteiger charge is -2.19. The van der Waals surface area contributed by atoms with E-state index in [1.54, 1.807) is 0 Å². The number of carbonyl (C=O) groups is 1. The van der Waals surface area contributed by atoms with Crippen LogP contribution in [-0.2, 0) is 0 Å². The van der Waals surface area contributed by atoms with Crippen molar-refractivity contribution in [2.24, 2.45) is 0 Å². The van der Waals surface area contributed by atoms with Gasteiger partial charge in [0.05, 0.1) is 6.73 Å². The lowest BCUT2D eigenvalue weighted by molar-refractivity contribution is 0.0949. The Morgan fingerprint density at radius 1 is 0.895 bits per heavy atom. The Labute approximate surface area is 224 Å². The zero-order valence-electron chi connectivity index (χ0n) is 22.7. The molecule has 0 fully saturated rings. The highest BCUT2D eigenvalue weighted by Crippen LogP contribution is 2.28. The molecule has 3 N–H and O–H groups in total. The number of aliphatic hydroxyl groups excluding tert-OH is 1. The minimum atomic E-state index is -1.37. The molecule has 214 valence electrons. The predicted octanol–water partition coefficient (Wildman–Crippen LogP) is 6.24. The number of benzene rings is 1. The smallest absolute Gasteiger partial charge is 0.349 e. The largest absolute Gasteiger partial charge is 0.503 e. The highest BCUT2D eigenvalue weighted by Gasteiger charge is 2.19. The first-order valence-electron chi connectivity index (χ1n) is 14.1. The zero-order chi connectivity index (χ0) is 27.8. The number of aliphatic hydroxyl groups is 1. The van der Waals surface area contributed by atoms with E-state index in [0.29, 0.717) is 6.54 Å². The molecule has 0 saturated carbocycles. The third-order valence-corrected chi connectivity index (χ3v) is 6.85. The van der Waals surface area contributed by atoms with Crippen LogP contribution in [0.2, 0.25) is 0 Å². The van der Waals surface area contributed by atoms with E-state index >= 15 is 0 Å². The highest BCUT2D eigenvalue weighted by molar-refractivity contribution is 5.96. The Morgan fingerprint density at radius 3 is 2.03 bits per heavy atom. The number of aromatic hydroxyl groups is 1. The van der Waals surface area contributed by atoms with Crippen LogP contribution in [0.25, 0.3) is 11.0 Å². The molecule has 0 atom stereocenters. The number of hydrogen-bond donors (Lipinski definition) is 3. The Morgan fingerprint density at radius 2 is 1.45 bits per heavy atom. The van der Waals surface area contributed by atoms with Crippen LogP contribution in [0.15, 0.2) is 21.3 Å². The van der Waals surface area contributed by atoms with Gasteiger partial charge in [0.25, 0.3) is 5.91 Å². The molecule has 1 amide bonds. The predicted molar refractivity (Wildman–Crippen MR) is 145 cm³/mol. The summed E-state index contributed by atoms with van der Waals surface area (Å²) >= 11 is 0. The first kappa shape index (κ1) is 31.7. The number of nitrogens with one attached hydrogen (secondary N) is 1. The monoisotopic (exact) mass is 538 g/mol. The van der Waals surface area contributed by atoms with Crippen molar-refractivity contribution in [3.63, 3.8) is 0 Å². The van der Waals surface area contributed by atoms with Crippen LogP contribution in [0.5, 0.6) is 5.75 Å². The van der Waals surface area contributed by atoms with Crippen LogP contribution in [0.1, 0.15) is 107 Å². The number of nitrogens with zero attached hydrogens (tertiary/aromatic N) is 1. The minimum Gasteiger partial charge on any atom is -0.503 e. The van der Waals surface area contributed by atoms with Gasteiger partial charge in [0.2, 0.25) is 5.82 Å². The quantitative estimate of drug-likeness (QED) is 0.105. The Balaban J connectivity index is 1.51. The van der Waals surface area contributed by atoms with Gasteiger partial charge in [-0.15, -0.1) is 0 Å². The second kappa shape index (κ2) is 17.9. The summed E-state index contributed by atoms with van der Waals surface area (Å²) in [7, 11) is 0. The summed E-state index contributed by atoms with van der Waals surface area (Å²) in [5.41, 5.74) is -1.97. The number of amides is 1. The van der Waals surface area contributed by atoms with Gasteiger partial charge in [0.1, 0.15) is 5.56 Å². The molecule has 9 heteroatoms. The number of rotatable bonds is 20. The summed E-state index contributed by atoms with van der Waals surface area (Å²) in [6.45, 7) is 4.72. The molecule has 2 rings (SSSR count). The maximum atomic E-state index is 13.9. The number of phenols is 1. The second-order valence-corrected chi connectivity index (χ2v) is 10.00. The van der Waals surface area contributed by atoms with Gasteiger partial charge in [-0.25, -0.2) is 9.18 Å². The average Bonchev–Trinajstić information content (AvgIpc) is 2.91. The van der Waals surface area contributed by atoms with Crippen molar-refractivity contribution >= 4 is 16.9 Å². The number of fused-ring (bicyclic) bond motifs is 1. The lowest BCUT2D eigenvalue weighted by Crippen LogP contribution is -2.29. The fraction of sp³-hybridized carbons (Fsp3) is 0.655. The summed E-state index contributed by atoms with van der Waals surface area (Å²) in [6, 6.07) is 1.88. The second-order valence-electron chi connectivity index (χ2n) is 10.00. The van der Waals surface area contributed by atoms with Crippen LogP contribution >= 0.6 is 0 Å². The van der Waals surface area contributed by atoms with E-state index in [9.17, 15) is 28.6 Å². The standard InChI is InChI=1S/C29H44F2N2O5/c1-2-3-4-14-17-33(21-34)18-15-12-10-8-6-5-7-9-11-13-16-32-28(36)23-19-22-20-24(30)26(35)25(31)27(22)38-29(23)37/h19-20,34-35H,2-18,21H2,1H3,(H,32,36). The maximum Gasteiger partial charge on any atom is 0.349 e. The molecule has 7 nitrogen and oxygen atoms in total. The van der Waals surface area contributed by atoms with Gasteiger partial charge in [-0.1, -0.05) is 77.6 Å². The highest BCUT2D eigenvalue weighted by atomic mass is 19.1. The number of unbranched alkanes of at least 4 members (excludes halogenated alkanes) is 12. The summed E-state index contributed by atoms with van der Waals surface area (Å²) in [4.78, 5) is 26.5. The van der Waals surface area contributed by atoms with Crippen LogP contribution in [0.4, 0.5) is 8.78 Å². The van der Waals surface area contributed by atoms with E-state index < -0.39 is 34.5 Å². The summed E-state index contributed by atoms with van der Waals surface area (Å²) in [5, 5.41) is 21.3. The van der Waals surface area contributed by atoms with Crippen molar-refractivity contribution < 1.29 is 28.2 Å². The van der Waals surface area contributed by atoms with Crippen LogP contribution in [0.3, 0.4) is 0 Å². The molecule has 38 heavy (non-hydrogen) atoms. The van der Waals surface area contributed by atoms with Crippen LogP contribution < -0.4 is 10.9 Å². The molecule has 0 aliphatic carbocycles. The third kappa shape index (κ3) is 10.7. The van der Waals surface area contributed by atoms with Crippen molar-refractivity contribution in [2.75, 3.05) is 26.4 Å². The van der Waals surface area contributed by atoms with Crippen molar-refractivity contribution in [2.45, 2.75) is 96.8 Å². The molecule has 1 heterocycles. The summed E-state index contributed by atoms with van der Waals surface area (Å²) in [6.07, 6.45) is 16.0. The molecule has 1 aromatic heterocycles. The number of carbonyl (C=O) groups excluding carboxylic acids is 1. The van der Waals surface area contributed by atoms with Gasteiger partial charge in [0.15, 0.2) is 17.1 Å². The molecule has 0 aliphatic rings. The molecule has 0 radical (unpaired) electrons. The lowest BCUT2D eigenvalue weighted by atomic mass is 10.1. The van der Waals surface area contributed by atoms with Gasteiger partial charge in [-0.3, -0.25) is 9.69 Å². The minimum absolute atomic E-state index is 0.118. The van der Waals surface area contributed by atoms with Crippen molar-refractivity contribution in [3.05, 3.63) is 39.8 Å². The fourth-order valence-electron chi connectivity index (χ4n) is 4.53. The topological polar surface area (TPSA) is 103 Å². The zero-order valence-corrected chi connectivity index (χ0v) is 22.7. The van der Waals surface area contributed by atoms with E-state index in [1.165, 1.54) is 57.8 Å². The molecule has 0 aliphatic heterocycles. The van der Waals surface area contributed by atoms with Gasteiger partial charge in [-0.2, -0.15) is 4.39 Å². The molecule has 0 bridgehead atoms. The van der Waals surface area contributed by atoms with Gasteiger partial charge in [-0.05, 0) is 31.4 Å². The van der Waals surface area contributed by atoms with E-state index in [0.717, 1.165) is 57.3 Å². The van der Waals surface area contributed by atoms with Crippen LogP contribution in [0, 0.1) is 11.6 Å². The normalized spacial score (nSPS) is 11.5. The van der Waals surface area contributed by atoms with E-state index in [4.69, 9.17) is 4.42 Å². The maximum absolute atomic E-state index is 13.9. The van der Waals surface area contributed by atoms with Crippen LogP contribution in [-0.4, -0.2) is 47.4 Å². The third-order valence-electron chi connectivity index (χ3n) is 6.85. The molecule has 0 unspecified atom stereocenters. The van der Waals surface area contributed by atoms with E-state index in [1.807, 2.05) is 0 Å². The van der Waals surface area contributed by atoms with Gasteiger partial charge < -0.3 is 19.9 Å². The average molecular weight is 539 g/mol. The Kier molecular flexibility index (Phi) is 14.9. The SMILES string of the molecule is CCCCCCN(CO)CCCCCCCCCCCCNC(=O)c1cc2cc(F)c(O)c(F)c2oc1=O. The summed E-state index contributed by atoms with van der Waals surface area (Å²) < 4.78 is 32.3. The van der Waals surface area contributed by atoms with Crippen molar-refractivity contribution in [1.82, 2.24) is 10.2 Å². The van der Waals surface area contributed by atoms with E-state index in [-0.39, 0.29) is 17.7 Å². The number of halogens is 2. The molecular weight excluding hydrogens is 494 g/mol. The van der Waals surface area contributed by atoms with Gasteiger partial charge in [0, 0.05) is 25.0 Å². The Hall–Kier alpha value is -2.52. The fourth-order valence-corrected chi connectivity index (χ4v) is 4.53. The first-order chi connectivity index (χ1) is 18.4. The van der Waals surface area contributed by atoms with Crippen molar-refractivity contribution in [1.29, 1.82) is 0 Å². The molecule has 1 aromatic carbocycles.